The second-order valence-electron chi connectivity index (χ2n) is 5.81. The molecule has 0 aromatic heterocycles. The Morgan fingerprint density at radius 1 is 1.30 bits per heavy atom. The van der Waals surface area contributed by atoms with Crippen LogP contribution < -0.4 is 5.32 Å². The van der Waals surface area contributed by atoms with Gasteiger partial charge in [0.05, 0.1) is 0 Å². The predicted molar refractivity (Wildman–Crippen MR) is 80.7 cm³/mol. The summed E-state index contributed by atoms with van der Waals surface area (Å²) >= 11 is 0. The lowest BCUT2D eigenvalue weighted by molar-refractivity contribution is -0.133. The third-order valence-corrected chi connectivity index (χ3v) is 3.92. The molecular formula is C16H24N2O2. The first-order valence-corrected chi connectivity index (χ1v) is 7.20. The molecule has 1 amide bonds. The highest BCUT2D eigenvalue weighted by Gasteiger charge is 2.27. The second-order valence-corrected chi connectivity index (χ2v) is 5.81. The largest absolute Gasteiger partial charge is 0.369 e. The van der Waals surface area contributed by atoms with Crippen molar-refractivity contribution in [3.63, 3.8) is 0 Å². The minimum atomic E-state index is -0.819. The van der Waals surface area contributed by atoms with Gasteiger partial charge < -0.3 is 10.1 Å². The van der Waals surface area contributed by atoms with Crippen LogP contribution in [0.5, 0.6) is 0 Å². The lowest BCUT2D eigenvalue weighted by Gasteiger charge is -2.23. The number of methoxy groups -OCH3 is 1. The van der Waals surface area contributed by atoms with E-state index in [1.54, 1.807) is 21.0 Å². The topological polar surface area (TPSA) is 41.6 Å². The van der Waals surface area contributed by atoms with Crippen molar-refractivity contribution in [1.82, 2.24) is 4.90 Å². The van der Waals surface area contributed by atoms with Crippen molar-refractivity contribution in [2.45, 2.75) is 38.8 Å². The summed E-state index contributed by atoms with van der Waals surface area (Å²) in [5, 5.41) is 2.99. The SMILES string of the molecule is COC(C)(C)C(=O)Nc1ccccc1CN1CCCC1. The van der Waals surface area contributed by atoms with E-state index in [2.05, 4.69) is 16.3 Å². The molecule has 1 aliphatic heterocycles. The van der Waals surface area contributed by atoms with Gasteiger partial charge >= 0.3 is 0 Å². The highest BCUT2D eigenvalue weighted by atomic mass is 16.5. The van der Waals surface area contributed by atoms with Gasteiger partial charge in [-0.25, -0.2) is 0 Å². The molecule has 1 fully saturated rings. The molecule has 2 rings (SSSR count). The molecule has 0 atom stereocenters. The molecule has 1 aromatic rings. The molecule has 4 nitrogen and oxygen atoms in total. The number of likely N-dealkylation sites (tertiary alicyclic amines) is 1. The zero-order valence-corrected chi connectivity index (χ0v) is 12.6. The van der Waals surface area contributed by atoms with Crippen molar-refractivity contribution in [3.05, 3.63) is 29.8 Å². The van der Waals surface area contributed by atoms with E-state index < -0.39 is 5.60 Å². The zero-order valence-electron chi connectivity index (χ0n) is 12.6. The van der Waals surface area contributed by atoms with E-state index in [-0.39, 0.29) is 5.91 Å². The van der Waals surface area contributed by atoms with Crippen molar-refractivity contribution in [1.29, 1.82) is 0 Å². The van der Waals surface area contributed by atoms with E-state index in [0.29, 0.717) is 0 Å². The van der Waals surface area contributed by atoms with Gasteiger partial charge in [0.25, 0.3) is 5.91 Å². The van der Waals surface area contributed by atoms with Gasteiger partial charge in [-0.3, -0.25) is 9.69 Å². The minimum Gasteiger partial charge on any atom is -0.369 e. The first-order valence-electron chi connectivity index (χ1n) is 7.20. The van der Waals surface area contributed by atoms with Crippen LogP contribution in [0.2, 0.25) is 0 Å². The van der Waals surface area contributed by atoms with Crippen molar-refractivity contribution >= 4 is 11.6 Å². The van der Waals surface area contributed by atoms with E-state index in [0.717, 1.165) is 30.9 Å². The molecular weight excluding hydrogens is 252 g/mol. The fourth-order valence-electron chi connectivity index (χ4n) is 2.33. The Morgan fingerprint density at radius 3 is 2.60 bits per heavy atom. The first kappa shape index (κ1) is 15.0. The molecule has 4 heteroatoms. The Labute approximate surface area is 121 Å². The Morgan fingerprint density at radius 2 is 1.95 bits per heavy atom. The number of hydrogen-bond acceptors (Lipinski definition) is 3. The lowest BCUT2D eigenvalue weighted by Crippen LogP contribution is -2.39. The van der Waals surface area contributed by atoms with Crippen LogP contribution in [0, 0.1) is 0 Å². The van der Waals surface area contributed by atoms with E-state index in [4.69, 9.17) is 4.74 Å². The normalized spacial score (nSPS) is 16.4. The van der Waals surface area contributed by atoms with E-state index in [9.17, 15) is 4.79 Å². The molecule has 1 aromatic carbocycles. The van der Waals surface area contributed by atoms with E-state index in [1.165, 1.54) is 12.8 Å². The van der Waals surface area contributed by atoms with Crippen LogP contribution in [0.15, 0.2) is 24.3 Å². The van der Waals surface area contributed by atoms with Crippen molar-refractivity contribution in [2.75, 3.05) is 25.5 Å². The Balaban J connectivity index is 2.09. The fourth-order valence-corrected chi connectivity index (χ4v) is 2.33. The number of ether oxygens (including phenoxy) is 1. The molecule has 0 unspecified atom stereocenters. The number of anilines is 1. The van der Waals surface area contributed by atoms with Crippen LogP contribution in [0.1, 0.15) is 32.3 Å². The van der Waals surface area contributed by atoms with Crippen LogP contribution in [-0.2, 0) is 16.1 Å². The summed E-state index contributed by atoms with van der Waals surface area (Å²) in [6.07, 6.45) is 2.54. The summed E-state index contributed by atoms with van der Waals surface area (Å²) in [7, 11) is 1.55. The molecule has 0 radical (unpaired) electrons. The molecule has 20 heavy (non-hydrogen) atoms. The van der Waals surface area contributed by atoms with Gasteiger partial charge in [0, 0.05) is 19.3 Å². The maximum atomic E-state index is 12.2. The number of amides is 1. The van der Waals surface area contributed by atoms with Gasteiger partial charge in [0.1, 0.15) is 5.60 Å². The number of rotatable bonds is 5. The molecule has 110 valence electrons. The minimum absolute atomic E-state index is 0.117. The van der Waals surface area contributed by atoms with Crippen molar-refractivity contribution in [3.8, 4) is 0 Å². The molecule has 0 saturated carbocycles. The summed E-state index contributed by atoms with van der Waals surface area (Å²) in [6.45, 7) is 6.72. The fraction of sp³-hybridized carbons (Fsp3) is 0.562. The molecule has 1 saturated heterocycles. The summed E-state index contributed by atoms with van der Waals surface area (Å²) in [6, 6.07) is 7.99. The maximum Gasteiger partial charge on any atom is 0.256 e. The number of para-hydroxylation sites is 1. The number of benzene rings is 1. The van der Waals surface area contributed by atoms with Gasteiger partial charge in [-0.2, -0.15) is 0 Å². The lowest BCUT2D eigenvalue weighted by atomic mass is 10.1. The van der Waals surface area contributed by atoms with Crippen LogP contribution in [0.25, 0.3) is 0 Å². The summed E-state index contributed by atoms with van der Waals surface area (Å²) in [5.74, 6) is -0.117. The van der Waals surface area contributed by atoms with Crippen LogP contribution in [0.4, 0.5) is 5.69 Å². The van der Waals surface area contributed by atoms with Gasteiger partial charge in [0.2, 0.25) is 0 Å². The Hall–Kier alpha value is -1.39. The molecule has 0 spiro atoms. The highest BCUT2D eigenvalue weighted by Crippen LogP contribution is 2.21. The highest BCUT2D eigenvalue weighted by molar-refractivity contribution is 5.97. The van der Waals surface area contributed by atoms with Gasteiger partial charge in [-0.05, 0) is 51.4 Å². The summed E-state index contributed by atoms with van der Waals surface area (Å²) < 4.78 is 5.22. The standard InChI is InChI=1S/C16H24N2O2/c1-16(2,20-3)15(19)17-14-9-5-4-8-13(14)12-18-10-6-7-11-18/h4-5,8-9H,6-7,10-12H2,1-3H3,(H,17,19). The summed E-state index contributed by atoms with van der Waals surface area (Å²) in [4.78, 5) is 14.6. The number of hydrogen-bond donors (Lipinski definition) is 1. The monoisotopic (exact) mass is 276 g/mol. The van der Waals surface area contributed by atoms with Gasteiger partial charge in [-0.15, -0.1) is 0 Å². The van der Waals surface area contributed by atoms with Gasteiger partial charge in [0.15, 0.2) is 0 Å². The Bertz CT molecular complexity index is 465. The van der Waals surface area contributed by atoms with Crippen LogP contribution >= 0.6 is 0 Å². The number of carbonyl (C=O) groups is 1. The molecule has 0 bridgehead atoms. The average Bonchev–Trinajstić information content (AvgIpc) is 2.94. The molecule has 0 aliphatic carbocycles. The number of nitrogens with zero attached hydrogens (tertiary/aromatic N) is 1. The third kappa shape index (κ3) is 3.58. The number of nitrogens with one attached hydrogen (secondary N) is 1. The molecule has 1 heterocycles. The van der Waals surface area contributed by atoms with E-state index in [1.807, 2.05) is 18.2 Å². The quantitative estimate of drug-likeness (QED) is 0.899. The molecule has 1 N–H and O–H groups in total. The van der Waals surface area contributed by atoms with Crippen molar-refractivity contribution in [2.24, 2.45) is 0 Å². The van der Waals surface area contributed by atoms with Gasteiger partial charge in [-0.1, -0.05) is 18.2 Å². The average molecular weight is 276 g/mol. The smallest absolute Gasteiger partial charge is 0.256 e. The Kier molecular flexibility index (Phi) is 4.78. The van der Waals surface area contributed by atoms with Crippen LogP contribution in [-0.4, -0.2) is 36.6 Å². The zero-order chi connectivity index (χ0) is 14.6. The first-order chi connectivity index (χ1) is 9.53. The molecule has 1 aliphatic rings. The predicted octanol–water partition coefficient (Wildman–Crippen LogP) is 2.65. The van der Waals surface area contributed by atoms with E-state index >= 15 is 0 Å². The number of carbonyl (C=O) groups excluding carboxylic acids is 1. The second kappa shape index (κ2) is 6.37. The van der Waals surface area contributed by atoms with Crippen molar-refractivity contribution < 1.29 is 9.53 Å². The summed E-state index contributed by atoms with van der Waals surface area (Å²) in [5.41, 5.74) is 1.23. The van der Waals surface area contributed by atoms with Crippen LogP contribution in [0.3, 0.4) is 0 Å². The third-order valence-electron chi connectivity index (χ3n) is 3.92. The maximum absolute atomic E-state index is 12.2.